The molecule has 0 saturated carbocycles. The van der Waals surface area contributed by atoms with Gasteiger partial charge in [-0.15, -0.1) is 0 Å². The lowest BCUT2D eigenvalue weighted by Crippen LogP contribution is -2.45. The molecular weight excluding hydrogens is 465 g/mol. The van der Waals surface area contributed by atoms with Crippen LogP contribution in [0.1, 0.15) is 38.3 Å². The van der Waals surface area contributed by atoms with E-state index in [4.69, 9.17) is 11.6 Å². The first kappa shape index (κ1) is 25.6. The van der Waals surface area contributed by atoms with Crippen molar-refractivity contribution in [3.8, 4) is 0 Å². The van der Waals surface area contributed by atoms with Gasteiger partial charge in [-0.25, -0.2) is 12.8 Å². The highest BCUT2D eigenvalue weighted by Gasteiger charge is 2.32. The molecule has 1 saturated heterocycles. The second-order valence-electron chi connectivity index (χ2n) is 8.15. The molecule has 1 heterocycles. The topological polar surface area (TPSA) is 69.7 Å². The second kappa shape index (κ2) is 11.4. The van der Waals surface area contributed by atoms with Gasteiger partial charge < -0.3 is 5.32 Å². The third-order valence-corrected chi connectivity index (χ3v) is 8.44. The standard InChI is InChI=1S/C24H31ClFN3O3S/c1-3-28(4-2)23(18-8-6-5-7-9-18)17-27-24(30)19-12-14-29(15-13-19)33(31,32)20-10-11-22(26)21(25)16-20/h5-11,16,19,23H,3-4,12-15,17H2,1-2H3,(H,27,30). The molecule has 1 atom stereocenters. The summed E-state index contributed by atoms with van der Waals surface area (Å²) in [4.78, 5) is 15.1. The number of rotatable bonds is 9. The lowest BCUT2D eigenvalue weighted by atomic mass is 9.97. The smallest absolute Gasteiger partial charge is 0.243 e. The lowest BCUT2D eigenvalue weighted by Gasteiger charge is -2.33. The number of halogens is 2. The molecule has 3 rings (SSSR count). The highest BCUT2D eigenvalue weighted by Crippen LogP contribution is 2.27. The largest absolute Gasteiger partial charge is 0.354 e. The number of sulfonamides is 1. The van der Waals surface area contributed by atoms with E-state index in [1.54, 1.807) is 0 Å². The predicted molar refractivity (Wildman–Crippen MR) is 128 cm³/mol. The van der Waals surface area contributed by atoms with Gasteiger partial charge in [0, 0.05) is 25.6 Å². The zero-order valence-corrected chi connectivity index (χ0v) is 20.6. The zero-order chi connectivity index (χ0) is 24.0. The molecule has 33 heavy (non-hydrogen) atoms. The molecule has 2 aromatic carbocycles. The molecule has 1 unspecified atom stereocenters. The van der Waals surface area contributed by atoms with Crippen LogP contribution in [0.15, 0.2) is 53.4 Å². The van der Waals surface area contributed by atoms with E-state index >= 15 is 0 Å². The Morgan fingerprint density at radius 2 is 1.79 bits per heavy atom. The zero-order valence-electron chi connectivity index (χ0n) is 19.0. The third kappa shape index (κ3) is 6.12. The van der Waals surface area contributed by atoms with Gasteiger partial charge in [0.1, 0.15) is 5.82 Å². The molecule has 180 valence electrons. The van der Waals surface area contributed by atoms with Crippen molar-refractivity contribution in [2.45, 2.75) is 37.6 Å². The highest BCUT2D eigenvalue weighted by molar-refractivity contribution is 7.89. The molecule has 2 aromatic rings. The number of amides is 1. The number of hydrogen-bond donors (Lipinski definition) is 1. The molecule has 0 aromatic heterocycles. The van der Waals surface area contributed by atoms with E-state index in [1.807, 2.05) is 18.2 Å². The van der Waals surface area contributed by atoms with Gasteiger partial charge in [-0.3, -0.25) is 9.69 Å². The lowest BCUT2D eigenvalue weighted by molar-refractivity contribution is -0.126. The van der Waals surface area contributed by atoms with Gasteiger partial charge in [-0.05, 0) is 49.7 Å². The molecule has 1 aliphatic heterocycles. The van der Waals surface area contributed by atoms with Gasteiger partial charge in [0.15, 0.2) is 0 Å². The van der Waals surface area contributed by atoms with Gasteiger partial charge in [0.25, 0.3) is 0 Å². The molecule has 1 amide bonds. The summed E-state index contributed by atoms with van der Waals surface area (Å²) < 4.78 is 40.5. The summed E-state index contributed by atoms with van der Waals surface area (Å²) >= 11 is 5.76. The molecule has 1 fully saturated rings. The van der Waals surface area contributed by atoms with Crippen LogP contribution in [0, 0.1) is 11.7 Å². The van der Waals surface area contributed by atoms with Gasteiger partial charge in [-0.1, -0.05) is 55.8 Å². The summed E-state index contributed by atoms with van der Waals surface area (Å²) in [5.74, 6) is -0.962. The van der Waals surface area contributed by atoms with Crippen LogP contribution in [0.4, 0.5) is 4.39 Å². The third-order valence-electron chi connectivity index (χ3n) is 6.26. The van der Waals surface area contributed by atoms with Crippen LogP contribution in [0.25, 0.3) is 0 Å². The van der Waals surface area contributed by atoms with Crippen LogP contribution in [-0.4, -0.2) is 56.3 Å². The van der Waals surface area contributed by atoms with E-state index in [0.717, 1.165) is 30.8 Å². The SMILES string of the molecule is CCN(CC)C(CNC(=O)C1CCN(S(=O)(=O)c2ccc(F)c(Cl)c2)CC1)c1ccccc1. The van der Waals surface area contributed by atoms with Crippen LogP contribution in [-0.2, 0) is 14.8 Å². The van der Waals surface area contributed by atoms with Crippen molar-refractivity contribution in [2.75, 3.05) is 32.7 Å². The van der Waals surface area contributed by atoms with E-state index < -0.39 is 15.8 Å². The fraction of sp³-hybridized carbons (Fsp3) is 0.458. The van der Waals surface area contributed by atoms with Gasteiger partial charge >= 0.3 is 0 Å². The summed E-state index contributed by atoms with van der Waals surface area (Å²) in [5, 5.41) is 2.86. The minimum atomic E-state index is -3.79. The first-order valence-corrected chi connectivity index (χ1v) is 13.1. The normalized spacial score (nSPS) is 16.6. The van der Waals surface area contributed by atoms with Crippen molar-refractivity contribution >= 4 is 27.5 Å². The average Bonchev–Trinajstić information content (AvgIpc) is 2.83. The Morgan fingerprint density at radius 3 is 2.36 bits per heavy atom. The summed E-state index contributed by atoms with van der Waals surface area (Å²) in [5.41, 5.74) is 1.15. The Labute approximate surface area is 200 Å². The quantitative estimate of drug-likeness (QED) is 0.569. The van der Waals surface area contributed by atoms with E-state index in [0.29, 0.717) is 19.4 Å². The van der Waals surface area contributed by atoms with Crippen molar-refractivity contribution in [1.29, 1.82) is 0 Å². The number of carbonyl (C=O) groups excluding carboxylic acids is 1. The number of hydrogen-bond acceptors (Lipinski definition) is 4. The monoisotopic (exact) mass is 495 g/mol. The average molecular weight is 496 g/mol. The minimum Gasteiger partial charge on any atom is -0.354 e. The number of nitrogens with one attached hydrogen (secondary N) is 1. The summed E-state index contributed by atoms with van der Waals surface area (Å²) in [6, 6.07) is 13.6. The van der Waals surface area contributed by atoms with Gasteiger partial charge in [-0.2, -0.15) is 4.31 Å². The van der Waals surface area contributed by atoms with Crippen molar-refractivity contribution < 1.29 is 17.6 Å². The van der Waals surface area contributed by atoms with Crippen molar-refractivity contribution in [2.24, 2.45) is 5.92 Å². The number of benzene rings is 2. The van der Waals surface area contributed by atoms with Crippen molar-refractivity contribution in [1.82, 2.24) is 14.5 Å². The number of piperidine rings is 1. The molecule has 1 N–H and O–H groups in total. The minimum absolute atomic E-state index is 0.0401. The van der Waals surface area contributed by atoms with Crippen LogP contribution >= 0.6 is 11.6 Å². The van der Waals surface area contributed by atoms with Crippen molar-refractivity contribution in [3.63, 3.8) is 0 Å². The molecule has 9 heteroatoms. The first-order chi connectivity index (χ1) is 15.8. The maximum Gasteiger partial charge on any atom is 0.243 e. The highest BCUT2D eigenvalue weighted by atomic mass is 35.5. The fourth-order valence-corrected chi connectivity index (χ4v) is 6.03. The van der Waals surface area contributed by atoms with Crippen LogP contribution in [0.5, 0.6) is 0 Å². The van der Waals surface area contributed by atoms with Crippen LogP contribution in [0.3, 0.4) is 0 Å². The van der Waals surface area contributed by atoms with Gasteiger partial charge in [0.05, 0.1) is 16.0 Å². The maximum atomic E-state index is 13.4. The fourth-order valence-electron chi connectivity index (χ4n) is 4.28. The Morgan fingerprint density at radius 1 is 1.15 bits per heavy atom. The Kier molecular flexibility index (Phi) is 8.87. The maximum absolute atomic E-state index is 13.4. The summed E-state index contributed by atoms with van der Waals surface area (Å²) in [6.45, 7) is 6.90. The summed E-state index contributed by atoms with van der Waals surface area (Å²) in [6.07, 6.45) is 0.864. The Balaban J connectivity index is 1.60. The first-order valence-electron chi connectivity index (χ1n) is 11.3. The Hall–Kier alpha value is -2.00. The molecule has 0 radical (unpaired) electrons. The van der Waals surface area contributed by atoms with E-state index in [9.17, 15) is 17.6 Å². The molecule has 6 nitrogen and oxygen atoms in total. The predicted octanol–water partition coefficient (Wildman–Crippen LogP) is 4.08. The second-order valence-corrected chi connectivity index (χ2v) is 10.5. The van der Waals surface area contributed by atoms with E-state index in [2.05, 4.69) is 36.2 Å². The van der Waals surface area contributed by atoms with E-state index in [-0.39, 0.29) is 40.9 Å². The van der Waals surface area contributed by atoms with E-state index in [1.165, 1.54) is 10.4 Å². The number of nitrogens with zero attached hydrogens (tertiary/aromatic N) is 2. The van der Waals surface area contributed by atoms with Gasteiger partial charge in [0.2, 0.25) is 15.9 Å². The number of carbonyl (C=O) groups is 1. The molecule has 0 bridgehead atoms. The molecule has 1 aliphatic rings. The van der Waals surface area contributed by atoms with Crippen LogP contribution in [0.2, 0.25) is 5.02 Å². The molecular formula is C24H31ClFN3O3S. The molecule has 0 aliphatic carbocycles. The Bertz CT molecular complexity index is 1040. The summed E-state index contributed by atoms with van der Waals surface area (Å²) in [7, 11) is -3.79. The molecule has 0 spiro atoms. The number of likely N-dealkylation sites (N-methyl/N-ethyl adjacent to an activating group) is 1. The van der Waals surface area contributed by atoms with Crippen molar-refractivity contribution in [3.05, 3.63) is 64.9 Å². The van der Waals surface area contributed by atoms with Crippen LogP contribution < -0.4 is 5.32 Å².